The van der Waals surface area contributed by atoms with Gasteiger partial charge in [-0.05, 0) is 69.6 Å². The van der Waals surface area contributed by atoms with Gasteiger partial charge in [-0.1, -0.05) is 5.16 Å². The van der Waals surface area contributed by atoms with Crippen LogP contribution < -0.4 is 9.47 Å². The first-order valence-electron chi connectivity index (χ1n) is 10.6. The third kappa shape index (κ3) is 5.82. The number of Topliss-reactive ketones (excluding diaryl/α,β-unsaturated/α-hetero) is 1. The van der Waals surface area contributed by atoms with Crippen LogP contribution in [0.3, 0.4) is 0 Å². The first-order chi connectivity index (χ1) is 15.4. The fraction of sp³-hybridized carbons (Fsp3) is 0.417. The molecule has 3 rings (SSSR count). The van der Waals surface area contributed by atoms with E-state index in [-0.39, 0.29) is 23.0 Å². The van der Waals surface area contributed by atoms with Crippen LogP contribution in [-0.4, -0.2) is 55.0 Å². The molecule has 0 spiro atoms. The Morgan fingerprint density at radius 1 is 1.16 bits per heavy atom. The van der Waals surface area contributed by atoms with E-state index in [0.717, 1.165) is 45.0 Å². The Hall–Kier alpha value is -3.00. The van der Waals surface area contributed by atoms with Crippen molar-refractivity contribution in [1.82, 2.24) is 4.90 Å². The number of oxime groups is 1. The van der Waals surface area contributed by atoms with Crippen molar-refractivity contribution in [2.75, 3.05) is 33.4 Å². The number of hydrogen-bond acceptors (Lipinski definition) is 6. The predicted molar refractivity (Wildman–Crippen MR) is 117 cm³/mol. The molecule has 172 valence electrons. The monoisotopic (exact) mass is 446 g/mol. The summed E-state index contributed by atoms with van der Waals surface area (Å²) >= 11 is 0. The Kier molecular flexibility index (Phi) is 8.16. The quantitative estimate of drug-likeness (QED) is 0.201. The van der Waals surface area contributed by atoms with Crippen LogP contribution in [0.2, 0.25) is 0 Å². The molecule has 1 heterocycles. The van der Waals surface area contributed by atoms with E-state index in [1.54, 1.807) is 18.2 Å². The Morgan fingerprint density at radius 2 is 1.91 bits per heavy atom. The van der Waals surface area contributed by atoms with E-state index in [2.05, 4.69) is 10.1 Å². The van der Waals surface area contributed by atoms with Crippen LogP contribution in [0.25, 0.3) is 0 Å². The van der Waals surface area contributed by atoms with Crippen LogP contribution >= 0.6 is 0 Å². The van der Waals surface area contributed by atoms with Gasteiger partial charge in [-0.3, -0.25) is 4.79 Å². The minimum atomic E-state index is -0.718. The second kappa shape index (κ2) is 11.0. The molecule has 2 aromatic rings. The summed E-state index contributed by atoms with van der Waals surface area (Å²) in [6.45, 7) is 4.40. The second-order valence-electron chi connectivity index (χ2n) is 7.85. The van der Waals surface area contributed by atoms with Gasteiger partial charge in [0.2, 0.25) is 0 Å². The molecule has 2 aromatic carbocycles. The van der Waals surface area contributed by atoms with Crippen molar-refractivity contribution in [3.63, 3.8) is 0 Å². The van der Waals surface area contributed by atoms with Crippen molar-refractivity contribution < 1.29 is 28.3 Å². The fourth-order valence-corrected chi connectivity index (χ4v) is 3.96. The highest BCUT2D eigenvalue weighted by Crippen LogP contribution is 2.29. The number of benzene rings is 2. The molecule has 1 aliphatic heterocycles. The highest BCUT2D eigenvalue weighted by molar-refractivity contribution is 6.02. The number of likely N-dealkylation sites (tertiary alicyclic amines) is 1. The van der Waals surface area contributed by atoms with Crippen LogP contribution in [0.5, 0.6) is 11.5 Å². The lowest BCUT2D eigenvalue weighted by molar-refractivity contribution is 0.101. The lowest BCUT2D eigenvalue weighted by Crippen LogP contribution is -2.37. The summed E-state index contributed by atoms with van der Waals surface area (Å²) in [7, 11) is 1.54. The maximum Gasteiger partial charge on any atom is 0.161 e. The van der Waals surface area contributed by atoms with Gasteiger partial charge in [-0.15, -0.1) is 0 Å². The van der Waals surface area contributed by atoms with E-state index in [0.29, 0.717) is 23.7 Å². The molecule has 32 heavy (non-hydrogen) atoms. The lowest BCUT2D eigenvalue weighted by Gasteiger charge is -2.32. The highest BCUT2D eigenvalue weighted by Gasteiger charge is 2.26. The second-order valence-corrected chi connectivity index (χ2v) is 7.85. The van der Waals surface area contributed by atoms with Crippen molar-refractivity contribution >= 4 is 11.5 Å². The zero-order valence-corrected chi connectivity index (χ0v) is 18.3. The summed E-state index contributed by atoms with van der Waals surface area (Å²) < 4.78 is 38.4. The molecule has 0 saturated carbocycles. The number of rotatable bonds is 9. The number of methoxy groups -OCH3 is 1. The van der Waals surface area contributed by atoms with Gasteiger partial charge in [0.05, 0.1) is 19.4 Å². The third-order valence-electron chi connectivity index (χ3n) is 5.74. The molecular weight excluding hydrogens is 418 g/mol. The highest BCUT2D eigenvalue weighted by atomic mass is 19.1. The molecule has 1 N–H and O–H groups in total. The van der Waals surface area contributed by atoms with Gasteiger partial charge in [0.25, 0.3) is 0 Å². The first kappa shape index (κ1) is 23.7. The molecule has 0 radical (unpaired) electrons. The number of carbonyl (C=O) groups is 1. The van der Waals surface area contributed by atoms with Crippen molar-refractivity contribution in [2.45, 2.75) is 26.2 Å². The molecule has 1 aliphatic rings. The molecule has 1 saturated heterocycles. The van der Waals surface area contributed by atoms with E-state index in [1.807, 2.05) is 0 Å². The van der Waals surface area contributed by atoms with E-state index < -0.39 is 11.6 Å². The zero-order valence-electron chi connectivity index (χ0n) is 18.3. The maximum atomic E-state index is 14.1. The minimum absolute atomic E-state index is 0.0326. The third-order valence-corrected chi connectivity index (χ3v) is 5.74. The summed E-state index contributed by atoms with van der Waals surface area (Å²) in [6, 6.07) is 8.42. The van der Waals surface area contributed by atoms with Crippen molar-refractivity contribution in [2.24, 2.45) is 11.1 Å². The van der Waals surface area contributed by atoms with Gasteiger partial charge in [0.15, 0.2) is 17.3 Å². The van der Waals surface area contributed by atoms with Gasteiger partial charge < -0.3 is 19.6 Å². The number of halogens is 2. The van der Waals surface area contributed by atoms with E-state index in [1.165, 1.54) is 26.2 Å². The van der Waals surface area contributed by atoms with Gasteiger partial charge in [0, 0.05) is 29.7 Å². The number of carbonyl (C=O) groups excluding carboxylic acids is 1. The Morgan fingerprint density at radius 3 is 2.53 bits per heavy atom. The van der Waals surface area contributed by atoms with Crippen LogP contribution in [0.15, 0.2) is 41.6 Å². The predicted octanol–water partition coefficient (Wildman–Crippen LogP) is 4.54. The summed E-state index contributed by atoms with van der Waals surface area (Å²) in [6.07, 6.45) is 2.24. The topological polar surface area (TPSA) is 71.4 Å². The average molecular weight is 446 g/mol. The molecular formula is C24H28F2N2O4. The summed E-state index contributed by atoms with van der Waals surface area (Å²) in [5, 5.41) is 12.8. The molecule has 0 unspecified atom stereocenters. The Bertz CT molecular complexity index is 972. The largest absolute Gasteiger partial charge is 0.493 e. The van der Waals surface area contributed by atoms with Gasteiger partial charge in [-0.2, -0.15) is 0 Å². The summed E-state index contributed by atoms with van der Waals surface area (Å²) in [4.78, 5) is 13.8. The Labute approximate surface area is 186 Å². The first-order valence-corrected chi connectivity index (χ1v) is 10.6. The normalized spacial score (nSPS) is 15.6. The SMILES string of the molecule is COc1cc(C(C)=O)ccc1OCCCN1CCC(/C(=N\O)c2ccc(F)cc2F)CC1. The molecule has 0 bridgehead atoms. The lowest BCUT2D eigenvalue weighted by atomic mass is 9.88. The molecule has 0 aliphatic carbocycles. The number of piperidine rings is 1. The van der Waals surface area contributed by atoms with Crippen molar-refractivity contribution in [3.8, 4) is 11.5 Å². The van der Waals surface area contributed by atoms with E-state index in [9.17, 15) is 18.8 Å². The molecule has 0 amide bonds. The van der Waals surface area contributed by atoms with Crippen molar-refractivity contribution in [3.05, 3.63) is 59.2 Å². The fourth-order valence-electron chi connectivity index (χ4n) is 3.96. The van der Waals surface area contributed by atoms with E-state index in [4.69, 9.17) is 9.47 Å². The van der Waals surface area contributed by atoms with Crippen LogP contribution in [0.4, 0.5) is 8.78 Å². The molecule has 0 atom stereocenters. The van der Waals surface area contributed by atoms with Crippen LogP contribution in [0, 0.1) is 17.6 Å². The zero-order chi connectivity index (χ0) is 23.1. The van der Waals surface area contributed by atoms with Crippen LogP contribution in [-0.2, 0) is 0 Å². The maximum absolute atomic E-state index is 14.1. The summed E-state index contributed by atoms with van der Waals surface area (Å²) in [5.41, 5.74) is 0.987. The summed E-state index contributed by atoms with van der Waals surface area (Å²) in [5.74, 6) is -0.368. The average Bonchev–Trinajstić information content (AvgIpc) is 2.79. The molecule has 1 fully saturated rings. The molecule has 0 aromatic heterocycles. The number of ether oxygens (including phenoxy) is 2. The molecule has 8 heteroatoms. The van der Waals surface area contributed by atoms with Gasteiger partial charge in [0.1, 0.15) is 11.6 Å². The number of nitrogens with zero attached hydrogens (tertiary/aromatic N) is 2. The van der Waals surface area contributed by atoms with Gasteiger partial charge in [-0.25, -0.2) is 8.78 Å². The minimum Gasteiger partial charge on any atom is -0.493 e. The standard InChI is InChI=1S/C24H28F2N2O4/c1-16(29)18-4-7-22(23(14-18)31-2)32-13-3-10-28-11-8-17(9-12-28)24(27-30)20-6-5-19(25)15-21(20)26/h4-7,14-15,17,30H,3,8-13H2,1-2H3/b27-24+. The van der Waals surface area contributed by atoms with E-state index >= 15 is 0 Å². The van der Waals surface area contributed by atoms with Crippen molar-refractivity contribution in [1.29, 1.82) is 0 Å². The Balaban J connectivity index is 1.46. The number of ketones is 1. The molecule has 6 nitrogen and oxygen atoms in total. The smallest absolute Gasteiger partial charge is 0.161 e. The van der Waals surface area contributed by atoms with Crippen LogP contribution in [0.1, 0.15) is 42.1 Å². The van der Waals surface area contributed by atoms with Gasteiger partial charge >= 0.3 is 0 Å². The number of hydrogen-bond donors (Lipinski definition) is 1.